The number of nitro groups is 1. The monoisotopic (exact) mass is 279 g/mol. The number of hydrogen-bond donors (Lipinski definition) is 1. The van der Waals surface area contributed by atoms with Crippen LogP contribution in [0.3, 0.4) is 0 Å². The SMILES string of the molecule is COc1c(C(=O)N2CCC(CN)C2)cccc1[N+](=O)[O-]. The summed E-state index contributed by atoms with van der Waals surface area (Å²) >= 11 is 0. The highest BCUT2D eigenvalue weighted by Gasteiger charge is 2.30. The molecule has 7 heteroatoms. The van der Waals surface area contributed by atoms with Crippen molar-refractivity contribution in [3.05, 3.63) is 33.9 Å². The standard InChI is InChI=1S/C13H17N3O4/c1-20-12-10(3-2-4-11(12)16(18)19)13(17)15-6-5-9(7-14)8-15/h2-4,9H,5-8,14H2,1H3. The number of rotatable bonds is 4. The van der Waals surface area contributed by atoms with Gasteiger partial charge in [-0.05, 0) is 24.9 Å². The van der Waals surface area contributed by atoms with Crippen LogP contribution >= 0.6 is 0 Å². The van der Waals surface area contributed by atoms with E-state index < -0.39 is 4.92 Å². The zero-order valence-corrected chi connectivity index (χ0v) is 11.2. The smallest absolute Gasteiger partial charge is 0.311 e. The van der Waals surface area contributed by atoms with Crippen molar-refractivity contribution >= 4 is 11.6 Å². The molecule has 1 saturated heterocycles. The maximum Gasteiger partial charge on any atom is 0.311 e. The molecule has 20 heavy (non-hydrogen) atoms. The van der Waals surface area contributed by atoms with Crippen molar-refractivity contribution in [3.63, 3.8) is 0 Å². The summed E-state index contributed by atoms with van der Waals surface area (Å²) in [5.74, 6) is 0.0591. The summed E-state index contributed by atoms with van der Waals surface area (Å²) in [4.78, 5) is 24.5. The molecule has 1 amide bonds. The summed E-state index contributed by atoms with van der Waals surface area (Å²) in [6, 6.07) is 4.36. The van der Waals surface area contributed by atoms with Crippen LogP contribution in [0.25, 0.3) is 0 Å². The van der Waals surface area contributed by atoms with Gasteiger partial charge in [-0.15, -0.1) is 0 Å². The first-order valence-electron chi connectivity index (χ1n) is 6.39. The minimum Gasteiger partial charge on any atom is -0.490 e. The number of ether oxygens (including phenoxy) is 1. The Kier molecular flexibility index (Phi) is 4.19. The lowest BCUT2D eigenvalue weighted by Crippen LogP contribution is -2.30. The van der Waals surface area contributed by atoms with Crippen molar-refractivity contribution in [3.8, 4) is 5.75 Å². The maximum absolute atomic E-state index is 12.4. The summed E-state index contributed by atoms with van der Waals surface area (Å²) in [5, 5.41) is 11.0. The molecule has 1 heterocycles. The van der Waals surface area contributed by atoms with Gasteiger partial charge in [-0.2, -0.15) is 0 Å². The van der Waals surface area contributed by atoms with Crippen molar-refractivity contribution in [2.24, 2.45) is 11.7 Å². The van der Waals surface area contributed by atoms with Crippen LogP contribution in [-0.4, -0.2) is 42.5 Å². The third kappa shape index (κ3) is 2.57. The van der Waals surface area contributed by atoms with E-state index in [1.165, 1.54) is 19.2 Å². The lowest BCUT2D eigenvalue weighted by Gasteiger charge is -2.17. The van der Waals surface area contributed by atoms with Gasteiger partial charge in [-0.3, -0.25) is 14.9 Å². The average Bonchev–Trinajstić information content (AvgIpc) is 2.94. The fourth-order valence-corrected chi connectivity index (χ4v) is 2.43. The molecule has 1 aromatic rings. The second-order valence-corrected chi connectivity index (χ2v) is 4.76. The van der Waals surface area contributed by atoms with E-state index in [0.717, 1.165) is 6.42 Å². The van der Waals surface area contributed by atoms with Gasteiger partial charge < -0.3 is 15.4 Å². The molecule has 7 nitrogen and oxygen atoms in total. The molecular formula is C13H17N3O4. The summed E-state index contributed by atoms with van der Waals surface area (Å²) in [5.41, 5.74) is 5.62. The second-order valence-electron chi connectivity index (χ2n) is 4.76. The van der Waals surface area contributed by atoms with Gasteiger partial charge in [0.2, 0.25) is 5.75 Å². The van der Waals surface area contributed by atoms with Crippen molar-refractivity contribution < 1.29 is 14.5 Å². The molecule has 0 aromatic heterocycles. The Morgan fingerprint density at radius 3 is 2.90 bits per heavy atom. The van der Waals surface area contributed by atoms with Crippen LogP contribution in [0.2, 0.25) is 0 Å². The molecule has 1 aromatic carbocycles. The molecule has 0 saturated carbocycles. The van der Waals surface area contributed by atoms with Crippen LogP contribution in [0.4, 0.5) is 5.69 Å². The van der Waals surface area contributed by atoms with Crippen LogP contribution < -0.4 is 10.5 Å². The molecule has 1 aliphatic rings. The van der Waals surface area contributed by atoms with E-state index in [0.29, 0.717) is 25.6 Å². The number of amides is 1. The van der Waals surface area contributed by atoms with Crippen LogP contribution in [0.15, 0.2) is 18.2 Å². The van der Waals surface area contributed by atoms with Gasteiger partial charge >= 0.3 is 5.69 Å². The molecule has 0 spiro atoms. The number of nitrogens with two attached hydrogens (primary N) is 1. The number of benzene rings is 1. The van der Waals surface area contributed by atoms with Crippen LogP contribution in [-0.2, 0) is 0 Å². The summed E-state index contributed by atoms with van der Waals surface area (Å²) < 4.78 is 5.06. The molecule has 1 aliphatic heterocycles. The van der Waals surface area contributed by atoms with Gasteiger partial charge in [0.05, 0.1) is 17.6 Å². The zero-order valence-electron chi connectivity index (χ0n) is 11.2. The predicted molar refractivity (Wildman–Crippen MR) is 72.7 cm³/mol. The molecule has 108 valence electrons. The number of nitro benzene ring substituents is 1. The lowest BCUT2D eigenvalue weighted by molar-refractivity contribution is -0.385. The summed E-state index contributed by atoms with van der Waals surface area (Å²) in [6.45, 7) is 1.74. The van der Waals surface area contributed by atoms with Gasteiger partial charge in [-0.1, -0.05) is 6.07 Å². The largest absolute Gasteiger partial charge is 0.490 e. The van der Waals surface area contributed by atoms with E-state index in [9.17, 15) is 14.9 Å². The first kappa shape index (κ1) is 14.3. The van der Waals surface area contributed by atoms with Crippen molar-refractivity contribution in [2.45, 2.75) is 6.42 Å². The normalized spacial score (nSPS) is 18.1. The maximum atomic E-state index is 12.4. The highest BCUT2D eigenvalue weighted by atomic mass is 16.6. The second kappa shape index (κ2) is 5.87. The minimum absolute atomic E-state index is 0.0127. The number of likely N-dealkylation sites (tertiary alicyclic amines) is 1. The fraction of sp³-hybridized carbons (Fsp3) is 0.462. The average molecular weight is 279 g/mol. The van der Waals surface area contributed by atoms with Gasteiger partial charge in [0, 0.05) is 19.2 Å². The van der Waals surface area contributed by atoms with Crippen LogP contribution in [0.1, 0.15) is 16.8 Å². The van der Waals surface area contributed by atoms with E-state index in [-0.39, 0.29) is 22.9 Å². The number of methoxy groups -OCH3 is 1. The van der Waals surface area contributed by atoms with E-state index in [1.54, 1.807) is 11.0 Å². The van der Waals surface area contributed by atoms with Crippen LogP contribution in [0, 0.1) is 16.0 Å². The van der Waals surface area contributed by atoms with Crippen molar-refractivity contribution in [1.29, 1.82) is 0 Å². The molecular weight excluding hydrogens is 262 g/mol. The Labute approximate surface area is 116 Å². The Morgan fingerprint density at radius 2 is 2.35 bits per heavy atom. The van der Waals surface area contributed by atoms with E-state index in [1.807, 2.05) is 0 Å². The summed E-state index contributed by atoms with van der Waals surface area (Å²) in [6.07, 6.45) is 0.861. The lowest BCUT2D eigenvalue weighted by atomic mass is 10.1. The minimum atomic E-state index is -0.553. The van der Waals surface area contributed by atoms with Gasteiger partial charge in [-0.25, -0.2) is 0 Å². The molecule has 1 fully saturated rings. The number of hydrogen-bond acceptors (Lipinski definition) is 5. The molecule has 2 N–H and O–H groups in total. The first-order chi connectivity index (χ1) is 9.58. The number of carbonyl (C=O) groups is 1. The van der Waals surface area contributed by atoms with E-state index in [4.69, 9.17) is 10.5 Å². The Bertz CT molecular complexity index is 532. The van der Waals surface area contributed by atoms with Gasteiger partial charge in [0.1, 0.15) is 0 Å². The van der Waals surface area contributed by atoms with E-state index >= 15 is 0 Å². The highest BCUT2D eigenvalue weighted by molar-refractivity contribution is 5.98. The fourth-order valence-electron chi connectivity index (χ4n) is 2.43. The van der Waals surface area contributed by atoms with Gasteiger partial charge in [0.25, 0.3) is 5.91 Å². The quantitative estimate of drug-likeness (QED) is 0.655. The molecule has 0 bridgehead atoms. The molecule has 1 atom stereocenters. The molecule has 0 radical (unpaired) electrons. The molecule has 2 rings (SSSR count). The number of nitrogens with zero attached hydrogens (tertiary/aromatic N) is 2. The number of para-hydroxylation sites is 1. The Balaban J connectivity index is 2.31. The first-order valence-corrected chi connectivity index (χ1v) is 6.39. The van der Waals surface area contributed by atoms with Gasteiger partial charge in [0.15, 0.2) is 0 Å². The number of carbonyl (C=O) groups excluding carboxylic acids is 1. The topological polar surface area (TPSA) is 98.7 Å². The third-order valence-electron chi connectivity index (χ3n) is 3.53. The predicted octanol–water partition coefficient (Wildman–Crippen LogP) is 1.02. The molecule has 1 unspecified atom stereocenters. The third-order valence-corrected chi connectivity index (χ3v) is 3.53. The molecule has 0 aliphatic carbocycles. The zero-order chi connectivity index (χ0) is 14.7. The Hall–Kier alpha value is -2.15. The summed E-state index contributed by atoms with van der Waals surface area (Å²) in [7, 11) is 1.33. The van der Waals surface area contributed by atoms with E-state index in [2.05, 4.69) is 0 Å². The highest BCUT2D eigenvalue weighted by Crippen LogP contribution is 2.32. The van der Waals surface area contributed by atoms with Crippen molar-refractivity contribution in [2.75, 3.05) is 26.7 Å². The van der Waals surface area contributed by atoms with Crippen LogP contribution in [0.5, 0.6) is 5.75 Å². The Morgan fingerprint density at radius 1 is 1.60 bits per heavy atom. The van der Waals surface area contributed by atoms with Crippen molar-refractivity contribution in [1.82, 2.24) is 4.90 Å².